The number of ether oxygens (including phenoxy) is 1. The summed E-state index contributed by atoms with van der Waals surface area (Å²) >= 11 is 0. The van der Waals surface area contributed by atoms with Crippen molar-refractivity contribution in [2.45, 2.75) is 33.8 Å². The molecule has 1 N–H and O–H groups in total. The van der Waals surface area contributed by atoms with Gasteiger partial charge >= 0.3 is 0 Å². The van der Waals surface area contributed by atoms with E-state index in [9.17, 15) is 4.79 Å². The van der Waals surface area contributed by atoms with Crippen LogP contribution in [0.2, 0.25) is 0 Å². The highest BCUT2D eigenvalue weighted by molar-refractivity contribution is 5.94. The Balaban J connectivity index is 1.60. The van der Waals surface area contributed by atoms with Gasteiger partial charge in [0.1, 0.15) is 5.75 Å². The maximum atomic E-state index is 12.6. The molecule has 2 aromatic rings. The molecule has 1 aliphatic heterocycles. The fraction of sp³-hybridized carbons (Fsp3) is 0.435. The van der Waals surface area contributed by atoms with E-state index in [1.165, 1.54) is 11.3 Å². The summed E-state index contributed by atoms with van der Waals surface area (Å²) in [7, 11) is 2.15. The number of aryl methyl sites for hydroxylation is 2. The fourth-order valence-corrected chi connectivity index (χ4v) is 3.43. The molecule has 5 nitrogen and oxygen atoms in total. The molecule has 1 aliphatic rings. The summed E-state index contributed by atoms with van der Waals surface area (Å²) in [5.41, 5.74) is 5.35. The van der Waals surface area contributed by atoms with E-state index in [4.69, 9.17) is 4.74 Å². The summed E-state index contributed by atoms with van der Waals surface area (Å²) in [4.78, 5) is 17.3. The zero-order valence-corrected chi connectivity index (χ0v) is 17.6. The van der Waals surface area contributed by atoms with E-state index in [-0.39, 0.29) is 5.91 Å². The van der Waals surface area contributed by atoms with Crippen molar-refractivity contribution in [3.63, 3.8) is 0 Å². The Morgan fingerprint density at radius 1 is 1.04 bits per heavy atom. The van der Waals surface area contributed by atoms with E-state index in [0.29, 0.717) is 0 Å². The Hall–Kier alpha value is -2.53. The van der Waals surface area contributed by atoms with Crippen LogP contribution in [-0.2, 0) is 4.79 Å². The lowest BCUT2D eigenvalue weighted by Crippen LogP contribution is -2.44. The minimum absolute atomic E-state index is 0.147. The molecular weight excluding hydrogens is 350 g/mol. The molecule has 5 heteroatoms. The van der Waals surface area contributed by atoms with Crippen molar-refractivity contribution in [3.8, 4) is 5.75 Å². The molecule has 1 saturated heterocycles. The highest BCUT2D eigenvalue weighted by Crippen LogP contribution is 2.25. The number of rotatable bonds is 5. The molecule has 1 fully saturated rings. The molecule has 0 spiro atoms. The summed E-state index contributed by atoms with van der Waals surface area (Å²) in [6, 6.07) is 12.2. The third kappa shape index (κ3) is 4.84. The minimum atomic E-state index is -0.572. The minimum Gasteiger partial charge on any atom is -0.481 e. The normalized spacial score (nSPS) is 16.0. The molecule has 1 atom stereocenters. The molecular formula is C23H31N3O2. The maximum Gasteiger partial charge on any atom is 0.265 e. The lowest BCUT2D eigenvalue weighted by atomic mass is 10.1. The number of amides is 1. The van der Waals surface area contributed by atoms with Crippen LogP contribution in [-0.4, -0.2) is 50.1 Å². The predicted octanol–water partition coefficient (Wildman–Crippen LogP) is 3.77. The van der Waals surface area contributed by atoms with Crippen LogP contribution in [0.1, 0.15) is 23.6 Å². The Kier molecular flexibility index (Phi) is 6.25. The number of carbonyl (C=O) groups is 1. The van der Waals surface area contributed by atoms with Crippen LogP contribution in [0.5, 0.6) is 5.75 Å². The average molecular weight is 382 g/mol. The molecule has 0 unspecified atom stereocenters. The zero-order valence-electron chi connectivity index (χ0n) is 17.6. The number of anilines is 2. The van der Waals surface area contributed by atoms with E-state index in [1.54, 1.807) is 6.92 Å². The van der Waals surface area contributed by atoms with Gasteiger partial charge in [-0.05, 0) is 81.8 Å². The Morgan fingerprint density at radius 2 is 1.68 bits per heavy atom. The van der Waals surface area contributed by atoms with Gasteiger partial charge in [-0.2, -0.15) is 0 Å². The van der Waals surface area contributed by atoms with Crippen LogP contribution in [0.3, 0.4) is 0 Å². The molecule has 3 rings (SSSR count). The lowest BCUT2D eigenvalue weighted by molar-refractivity contribution is -0.122. The monoisotopic (exact) mass is 381 g/mol. The second-order valence-corrected chi connectivity index (χ2v) is 7.79. The maximum absolute atomic E-state index is 12.6. The number of likely N-dealkylation sites (N-methyl/N-ethyl adjacent to an activating group) is 1. The highest BCUT2D eigenvalue weighted by Gasteiger charge is 2.18. The van der Waals surface area contributed by atoms with Gasteiger partial charge in [0, 0.05) is 37.6 Å². The van der Waals surface area contributed by atoms with Crippen LogP contribution in [0.15, 0.2) is 36.4 Å². The first-order chi connectivity index (χ1) is 13.3. The Bertz CT molecular complexity index is 824. The van der Waals surface area contributed by atoms with Crippen molar-refractivity contribution in [1.29, 1.82) is 0 Å². The standard InChI is InChI=1S/C23H31N3O2/c1-16-14-17(2)18(3)22(15-16)28-19(4)23(27)24-20-6-8-21(9-7-20)26-12-10-25(5)11-13-26/h6-9,14-15,19H,10-13H2,1-5H3,(H,24,27)/t19-/m1/s1. The van der Waals surface area contributed by atoms with E-state index >= 15 is 0 Å². The van der Waals surface area contributed by atoms with Gasteiger partial charge in [0.15, 0.2) is 6.10 Å². The molecule has 28 heavy (non-hydrogen) atoms. The van der Waals surface area contributed by atoms with Gasteiger partial charge in [0.25, 0.3) is 5.91 Å². The second kappa shape index (κ2) is 8.65. The molecule has 1 amide bonds. The van der Waals surface area contributed by atoms with Crippen LogP contribution in [0, 0.1) is 20.8 Å². The second-order valence-electron chi connectivity index (χ2n) is 7.79. The van der Waals surface area contributed by atoms with Crippen molar-refractivity contribution in [2.24, 2.45) is 0 Å². The van der Waals surface area contributed by atoms with Crippen molar-refractivity contribution in [3.05, 3.63) is 53.1 Å². The fourth-order valence-electron chi connectivity index (χ4n) is 3.43. The number of benzene rings is 2. The largest absolute Gasteiger partial charge is 0.481 e. The molecule has 150 valence electrons. The number of hydrogen-bond donors (Lipinski definition) is 1. The van der Waals surface area contributed by atoms with Gasteiger partial charge in [-0.25, -0.2) is 0 Å². The summed E-state index contributed by atoms with van der Waals surface area (Å²) in [5.74, 6) is 0.622. The van der Waals surface area contributed by atoms with Gasteiger partial charge in [0.05, 0.1) is 0 Å². The third-order valence-electron chi connectivity index (χ3n) is 5.44. The van der Waals surface area contributed by atoms with Crippen molar-refractivity contribution >= 4 is 17.3 Å². The summed E-state index contributed by atoms with van der Waals surface area (Å²) in [6.45, 7) is 12.1. The van der Waals surface area contributed by atoms with E-state index in [1.807, 2.05) is 32.0 Å². The highest BCUT2D eigenvalue weighted by atomic mass is 16.5. The van der Waals surface area contributed by atoms with Crippen molar-refractivity contribution < 1.29 is 9.53 Å². The lowest BCUT2D eigenvalue weighted by Gasteiger charge is -2.34. The number of piperazine rings is 1. The van der Waals surface area contributed by atoms with Gasteiger partial charge in [-0.3, -0.25) is 4.79 Å². The average Bonchev–Trinajstić information content (AvgIpc) is 2.67. The third-order valence-corrected chi connectivity index (χ3v) is 5.44. The molecule has 2 aromatic carbocycles. The molecule has 0 bridgehead atoms. The molecule has 0 aliphatic carbocycles. The Labute approximate surface area is 168 Å². The van der Waals surface area contributed by atoms with Gasteiger partial charge in [-0.1, -0.05) is 6.07 Å². The summed E-state index contributed by atoms with van der Waals surface area (Å²) in [5, 5.41) is 2.96. The predicted molar refractivity (Wildman–Crippen MR) is 116 cm³/mol. The zero-order chi connectivity index (χ0) is 20.3. The SMILES string of the molecule is Cc1cc(C)c(C)c(O[C@H](C)C(=O)Nc2ccc(N3CCN(C)CC3)cc2)c1. The number of hydrogen-bond acceptors (Lipinski definition) is 4. The molecule has 0 saturated carbocycles. The summed E-state index contributed by atoms with van der Waals surface area (Å²) < 4.78 is 5.94. The van der Waals surface area contributed by atoms with Crippen LogP contribution < -0.4 is 15.0 Å². The molecule has 0 radical (unpaired) electrons. The topological polar surface area (TPSA) is 44.8 Å². The number of nitrogens with zero attached hydrogens (tertiary/aromatic N) is 2. The van der Waals surface area contributed by atoms with Crippen molar-refractivity contribution in [2.75, 3.05) is 43.4 Å². The summed E-state index contributed by atoms with van der Waals surface area (Å²) in [6.07, 6.45) is -0.572. The van der Waals surface area contributed by atoms with E-state index < -0.39 is 6.10 Å². The van der Waals surface area contributed by atoms with Crippen LogP contribution >= 0.6 is 0 Å². The first-order valence-electron chi connectivity index (χ1n) is 9.92. The van der Waals surface area contributed by atoms with Crippen molar-refractivity contribution in [1.82, 2.24) is 4.90 Å². The Morgan fingerprint density at radius 3 is 2.32 bits per heavy atom. The van der Waals surface area contributed by atoms with Crippen LogP contribution in [0.25, 0.3) is 0 Å². The quantitative estimate of drug-likeness (QED) is 0.856. The van der Waals surface area contributed by atoms with E-state index in [2.05, 4.69) is 47.3 Å². The first-order valence-corrected chi connectivity index (χ1v) is 9.92. The number of carbonyl (C=O) groups excluding carboxylic acids is 1. The van der Waals surface area contributed by atoms with E-state index in [0.717, 1.165) is 48.7 Å². The first kappa shape index (κ1) is 20.2. The number of nitrogens with one attached hydrogen (secondary N) is 1. The van der Waals surface area contributed by atoms with Crippen LogP contribution in [0.4, 0.5) is 11.4 Å². The van der Waals surface area contributed by atoms with Gasteiger partial charge < -0.3 is 19.9 Å². The smallest absolute Gasteiger partial charge is 0.265 e. The molecule has 0 aromatic heterocycles. The molecule has 1 heterocycles. The van der Waals surface area contributed by atoms with Gasteiger partial charge in [0.2, 0.25) is 0 Å². The van der Waals surface area contributed by atoms with Gasteiger partial charge in [-0.15, -0.1) is 0 Å².